The molecule has 2 heteroatoms. The van der Waals surface area contributed by atoms with Crippen LogP contribution in [-0.4, -0.2) is 23.9 Å². The predicted octanol–water partition coefficient (Wildman–Crippen LogP) is 2.58. The summed E-state index contributed by atoms with van der Waals surface area (Å²) in [5.41, 5.74) is 0. The maximum atomic E-state index is 11.7. The van der Waals surface area contributed by atoms with Gasteiger partial charge >= 0.3 is 0 Å². The number of carbonyl (C=O) groups excluding carboxylic acids is 1. The predicted molar refractivity (Wildman–Crippen MR) is 57.0 cm³/mol. The summed E-state index contributed by atoms with van der Waals surface area (Å²) >= 11 is 0. The molecule has 1 aliphatic carbocycles. The Morgan fingerprint density at radius 2 is 1.71 bits per heavy atom. The average Bonchev–Trinajstić information content (AvgIpc) is 2.87. The van der Waals surface area contributed by atoms with Crippen molar-refractivity contribution in [2.75, 3.05) is 13.1 Å². The second-order valence-electron chi connectivity index (χ2n) is 4.78. The first-order valence-corrected chi connectivity index (χ1v) is 6.14. The largest absolute Gasteiger partial charge is 0.343 e. The van der Waals surface area contributed by atoms with Gasteiger partial charge in [0, 0.05) is 19.5 Å². The highest BCUT2D eigenvalue weighted by molar-refractivity contribution is 5.76. The summed E-state index contributed by atoms with van der Waals surface area (Å²) in [7, 11) is 0. The molecule has 0 aromatic rings. The van der Waals surface area contributed by atoms with Crippen molar-refractivity contribution in [3.63, 3.8) is 0 Å². The molecule has 1 heterocycles. The fourth-order valence-corrected chi connectivity index (χ4v) is 2.75. The van der Waals surface area contributed by atoms with Crippen LogP contribution in [-0.2, 0) is 4.79 Å². The minimum atomic E-state index is 0.411. The monoisotopic (exact) mass is 195 g/mol. The molecule has 0 aromatic carbocycles. The third-order valence-corrected chi connectivity index (χ3v) is 3.70. The van der Waals surface area contributed by atoms with E-state index in [9.17, 15) is 4.79 Å². The van der Waals surface area contributed by atoms with Crippen LogP contribution >= 0.6 is 0 Å². The lowest BCUT2D eigenvalue weighted by molar-refractivity contribution is -0.130. The molecule has 2 aliphatic rings. The SMILES string of the molecule is O=C(CCC1CCCC1)N1CCCC1. The quantitative estimate of drug-likeness (QED) is 0.678. The number of hydrogen-bond acceptors (Lipinski definition) is 1. The van der Waals surface area contributed by atoms with Crippen molar-refractivity contribution in [2.45, 2.75) is 51.4 Å². The summed E-state index contributed by atoms with van der Waals surface area (Å²) in [4.78, 5) is 13.8. The van der Waals surface area contributed by atoms with Gasteiger partial charge in [-0.15, -0.1) is 0 Å². The van der Waals surface area contributed by atoms with E-state index in [0.717, 1.165) is 31.8 Å². The molecule has 0 bridgehead atoms. The molecule has 14 heavy (non-hydrogen) atoms. The summed E-state index contributed by atoms with van der Waals surface area (Å²) in [6.45, 7) is 2.03. The van der Waals surface area contributed by atoms with Gasteiger partial charge in [0.25, 0.3) is 0 Å². The van der Waals surface area contributed by atoms with E-state index in [-0.39, 0.29) is 0 Å². The van der Waals surface area contributed by atoms with Crippen LogP contribution in [0.3, 0.4) is 0 Å². The Hall–Kier alpha value is -0.530. The van der Waals surface area contributed by atoms with Crippen LogP contribution in [0.5, 0.6) is 0 Å². The minimum absolute atomic E-state index is 0.411. The van der Waals surface area contributed by atoms with Crippen molar-refractivity contribution in [2.24, 2.45) is 5.92 Å². The van der Waals surface area contributed by atoms with E-state index in [4.69, 9.17) is 0 Å². The van der Waals surface area contributed by atoms with Gasteiger partial charge in [0.1, 0.15) is 0 Å². The van der Waals surface area contributed by atoms with Gasteiger partial charge in [-0.1, -0.05) is 25.7 Å². The highest BCUT2D eigenvalue weighted by atomic mass is 16.2. The summed E-state index contributed by atoms with van der Waals surface area (Å²) in [6, 6.07) is 0. The van der Waals surface area contributed by atoms with Gasteiger partial charge in [0.15, 0.2) is 0 Å². The highest BCUT2D eigenvalue weighted by Gasteiger charge is 2.20. The maximum absolute atomic E-state index is 11.7. The van der Waals surface area contributed by atoms with Crippen LogP contribution in [0.25, 0.3) is 0 Å². The van der Waals surface area contributed by atoms with E-state index >= 15 is 0 Å². The zero-order chi connectivity index (χ0) is 9.80. The van der Waals surface area contributed by atoms with Crippen LogP contribution in [0.2, 0.25) is 0 Å². The number of likely N-dealkylation sites (tertiary alicyclic amines) is 1. The van der Waals surface area contributed by atoms with Gasteiger partial charge in [0.2, 0.25) is 5.91 Å². The van der Waals surface area contributed by atoms with E-state index in [1.165, 1.54) is 38.5 Å². The molecule has 2 rings (SSSR count). The molecule has 0 spiro atoms. The Labute approximate surface area is 86.7 Å². The molecule has 2 fully saturated rings. The molecular formula is C12H21NO. The number of nitrogens with zero attached hydrogens (tertiary/aromatic N) is 1. The Bertz CT molecular complexity index is 190. The number of rotatable bonds is 3. The normalized spacial score (nSPS) is 23.3. The molecule has 2 nitrogen and oxygen atoms in total. The standard InChI is InChI=1S/C12H21NO/c14-12(13-9-3-4-10-13)8-7-11-5-1-2-6-11/h11H,1-10H2. The van der Waals surface area contributed by atoms with Gasteiger partial charge in [-0.2, -0.15) is 0 Å². The third kappa shape index (κ3) is 2.49. The Morgan fingerprint density at radius 1 is 1.07 bits per heavy atom. The molecule has 1 saturated heterocycles. The van der Waals surface area contributed by atoms with Crippen LogP contribution in [0.4, 0.5) is 0 Å². The first kappa shape index (κ1) is 10.0. The molecule has 1 amide bonds. The molecule has 0 unspecified atom stereocenters. The van der Waals surface area contributed by atoms with E-state index in [1.807, 2.05) is 0 Å². The Kier molecular flexibility index (Phi) is 3.44. The number of carbonyl (C=O) groups is 1. The average molecular weight is 195 g/mol. The smallest absolute Gasteiger partial charge is 0.222 e. The third-order valence-electron chi connectivity index (χ3n) is 3.70. The minimum Gasteiger partial charge on any atom is -0.343 e. The molecule has 0 atom stereocenters. The van der Waals surface area contributed by atoms with E-state index in [0.29, 0.717) is 5.91 Å². The van der Waals surface area contributed by atoms with E-state index in [2.05, 4.69) is 4.90 Å². The molecule has 1 saturated carbocycles. The first-order chi connectivity index (χ1) is 6.86. The summed E-state index contributed by atoms with van der Waals surface area (Å²) < 4.78 is 0. The molecule has 0 N–H and O–H groups in total. The van der Waals surface area contributed by atoms with Gasteiger partial charge in [-0.25, -0.2) is 0 Å². The lowest BCUT2D eigenvalue weighted by Gasteiger charge is -2.16. The molecule has 80 valence electrons. The van der Waals surface area contributed by atoms with Crippen molar-refractivity contribution in [1.29, 1.82) is 0 Å². The lowest BCUT2D eigenvalue weighted by Crippen LogP contribution is -2.27. The topological polar surface area (TPSA) is 20.3 Å². The summed E-state index contributed by atoms with van der Waals surface area (Å²) in [5, 5.41) is 0. The molecule has 1 aliphatic heterocycles. The Balaban J connectivity index is 1.66. The van der Waals surface area contributed by atoms with Crippen molar-refractivity contribution >= 4 is 5.91 Å². The van der Waals surface area contributed by atoms with Crippen molar-refractivity contribution in [3.05, 3.63) is 0 Å². The maximum Gasteiger partial charge on any atom is 0.222 e. The van der Waals surface area contributed by atoms with Crippen LogP contribution in [0.1, 0.15) is 51.4 Å². The molecule has 0 radical (unpaired) electrons. The first-order valence-electron chi connectivity index (χ1n) is 6.14. The van der Waals surface area contributed by atoms with Gasteiger partial charge in [-0.3, -0.25) is 4.79 Å². The summed E-state index contributed by atoms with van der Waals surface area (Å²) in [5.74, 6) is 1.27. The zero-order valence-electron chi connectivity index (χ0n) is 9.00. The number of hydrogen-bond donors (Lipinski definition) is 0. The second kappa shape index (κ2) is 4.81. The van der Waals surface area contributed by atoms with Gasteiger partial charge in [-0.05, 0) is 25.2 Å². The van der Waals surface area contributed by atoms with E-state index in [1.54, 1.807) is 0 Å². The van der Waals surface area contributed by atoms with Gasteiger partial charge in [0.05, 0.1) is 0 Å². The van der Waals surface area contributed by atoms with Crippen molar-refractivity contribution in [1.82, 2.24) is 4.90 Å². The zero-order valence-corrected chi connectivity index (χ0v) is 9.00. The van der Waals surface area contributed by atoms with Crippen LogP contribution < -0.4 is 0 Å². The summed E-state index contributed by atoms with van der Waals surface area (Å²) in [6.07, 6.45) is 9.91. The van der Waals surface area contributed by atoms with Crippen molar-refractivity contribution < 1.29 is 4.79 Å². The molecule has 0 aromatic heterocycles. The highest BCUT2D eigenvalue weighted by Crippen LogP contribution is 2.28. The second-order valence-corrected chi connectivity index (χ2v) is 4.78. The molecular weight excluding hydrogens is 174 g/mol. The van der Waals surface area contributed by atoms with Crippen molar-refractivity contribution in [3.8, 4) is 0 Å². The van der Waals surface area contributed by atoms with E-state index < -0.39 is 0 Å². The number of amides is 1. The fourth-order valence-electron chi connectivity index (χ4n) is 2.75. The van der Waals surface area contributed by atoms with Gasteiger partial charge < -0.3 is 4.90 Å². The Morgan fingerprint density at radius 3 is 2.36 bits per heavy atom. The van der Waals surface area contributed by atoms with Crippen LogP contribution in [0.15, 0.2) is 0 Å². The van der Waals surface area contributed by atoms with Crippen LogP contribution in [0, 0.1) is 5.92 Å². The fraction of sp³-hybridized carbons (Fsp3) is 0.917. The lowest BCUT2D eigenvalue weighted by atomic mass is 10.0.